The van der Waals surface area contributed by atoms with Crippen molar-refractivity contribution in [2.45, 2.75) is 44.7 Å². The summed E-state index contributed by atoms with van der Waals surface area (Å²) in [7, 11) is -3.17. The highest BCUT2D eigenvalue weighted by molar-refractivity contribution is 7.99. The van der Waals surface area contributed by atoms with Crippen LogP contribution in [0.15, 0.2) is 0 Å². The second kappa shape index (κ2) is 7.80. The summed E-state index contributed by atoms with van der Waals surface area (Å²) in [5.41, 5.74) is 0. The molecular weight excluding hydrogens is 310 g/mol. The van der Waals surface area contributed by atoms with E-state index >= 15 is 0 Å². The number of piperidine rings is 1. The van der Waals surface area contributed by atoms with E-state index in [0.29, 0.717) is 32.4 Å². The maximum Gasteiger partial charge on any atom is 0.240 e. The predicted molar refractivity (Wildman–Crippen MR) is 85.7 cm³/mol. The normalized spacial score (nSPS) is 24.4. The number of unbranched alkanes of at least 4 members (excludes halogenated alkanes) is 1. The van der Waals surface area contributed by atoms with E-state index in [1.165, 1.54) is 0 Å². The van der Waals surface area contributed by atoms with Crippen LogP contribution in [0.3, 0.4) is 0 Å². The summed E-state index contributed by atoms with van der Waals surface area (Å²) in [6.07, 6.45) is 2.98. The third kappa shape index (κ3) is 5.12. The molecule has 6 nitrogen and oxygen atoms in total. The van der Waals surface area contributed by atoms with Crippen molar-refractivity contribution in [2.75, 3.05) is 30.5 Å². The molecule has 1 amide bonds. The van der Waals surface area contributed by atoms with Crippen molar-refractivity contribution in [3.05, 3.63) is 0 Å². The molecular formula is C13H25N3O3S2. The molecule has 8 heteroatoms. The summed E-state index contributed by atoms with van der Waals surface area (Å²) in [6, 6.07) is -0.0883. The van der Waals surface area contributed by atoms with Gasteiger partial charge in [0.1, 0.15) is 0 Å². The Morgan fingerprint density at radius 2 is 2.10 bits per heavy atom. The van der Waals surface area contributed by atoms with Gasteiger partial charge in [-0.2, -0.15) is 0 Å². The summed E-state index contributed by atoms with van der Waals surface area (Å²) in [4.78, 5) is 14.1. The third-order valence-corrected chi connectivity index (χ3v) is 6.39. The summed E-state index contributed by atoms with van der Waals surface area (Å²) in [5, 5.41) is 3.19. The van der Waals surface area contributed by atoms with Gasteiger partial charge in [0.05, 0.1) is 11.8 Å². The minimum atomic E-state index is -3.17. The zero-order chi connectivity index (χ0) is 15.3. The zero-order valence-electron chi connectivity index (χ0n) is 12.5. The standard InChI is InChI=1S/C13H25N3O3S2/c1-2-3-8-21(18,19)15-11-4-6-16(7-5-11)13(17)12-9-20-10-14-12/h11-12,14-15H,2-10H2,1H3. The molecule has 2 saturated heterocycles. The minimum absolute atomic E-state index is 0.0261. The molecule has 0 aromatic heterocycles. The molecule has 2 heterocycles. The molecule has 2 rings (SSSR count). The molecule has 2 N–H and O–H groups in total. The first kappa shape index (κ1) is 17.1. The van der Waals surface area contributed by atoms with Gasteiger partial charge in [-0.3, -0.25) is 10.1 Å². The van der Waals surface area contributed by atoms with Crippen molar-refractivity contribution in [3.63, 3.8) is 0 Å². The zero-order valence-corrected chi connectivity index (χ0v) is 14.1. The van der Waals surface area contributed by atoms with Gasteiger partial charge in [-0.15, -0.1) is 11.8 Å². The predicted octanol–water partition coefficient (Wildman–Crippen LogP) is 0.359. The lowest BCUT2D eigenvalue weighted by Gasteiger charge is -2.33. The number of nitrogens with one attached hydrogen (secondary N) is 2. The summed E-state index contributed by atoms with van der Waals surface area (Å²) in [5.74, 6) is 2.03. The Bertz CT molecular complexity index is 442. The van der Waals surface area contributed by atoms with Crippen LogP contribution in [0.4, 0.5) is 0 Å². The number of nitrogens with zero attached hydrogens (tertiary/aromatic N) is 1. The summed E-state index contributed by atoms with van der Waals surface area (Å²) >= 11 is 1.74. The van der Waals surface area contributed by atoms with Crippen LogP contribution in [-0.2, 0) is 14.8 Å². The number of rotatable bonds is 6. The van der Waals surface area contributed by atoms with Gasteiger partial charge < -0.3 is 4.90 Å². The van der Waals surface area contributed by atoms with Crippen LogP contribution < -0.4 is 10.0 Å². The third-order valence-electron chi connectivity index (χ3n) is 3.93. The number of hydrogen-bond donors (Lipinski definition) is 2. The van der Waals surface area contributed by atoms with Gasteiger partial charge in [0.15, 0.2) is 0 Å². The highest BCUT2D eigenvalue weighted by atomic mass is 32.2. The maximum absolute atomic E-state index is 12.2. The molecule has 0 aliphatic carbocycles. The number of likely N-dealkylation sites (tertiary alicyclic amines) is 1. The molecule has 0 aromatic rings. The topological polar surface area (TPSA) is 78.5 Å². The smallest absolute Gasteiger partial charge is 0.240 e. The number of thioether (sulfide) groups is 1. The highest BCUT2D eigenvalue weighted by Crippen LogP contribution is 2.16. The van der Waals surface area contributed by atoms with Crippen molar-refractivity contribution >= 4 is 27.7 Å². The van der Waals surface area contributed by atoms with E-state index in [-0.39, 0.29) is 23.7 Å². The maximum atomic E-state index is 12.2. The average molecular weight is 335 g/mol. The molecule has 0 saturated carbocycles. The van der Waals surface area contributed by atoms with Crippen LogP contribution in [0.1, 0.15) is 32.6 Å². The number of sulfonamides is 1. The van der Waals surface area contributed by atoms with Crippen molar-refractivity contribution in [1.29, 1.82) is 0 Å². The van der Waals surface area contributed by atoms with E-state index in [4.69, 9.17) is 0 Å². The van der Waals surface area contributed by atoms with Gasteiger partial charge in [0.2, 0.25) is 15.9 Å². The van der Waals surface area contributed by atoms with Crippen molar-refractivity contribution in [3.8, 4) is 0 Å². The highest BCUT2D eigenvalue weighted by Gasteiger charge is 2.31. The Balaban J connectivity index is 1.76. The first-order valence-electron chi connectivity index (χ1n) is 7.62. The second-order valence-corrected chi connectivity index (χ2v) is 8.57. The molecule has 0 radical (unpaired) electrons. The Labute approximate surface area is 131 Å². The monoisotopic (exact) mass is 335 g/mol. The van der Waals surface area contributed by atoms with Crippen LogP contribution in [0, 0.1) is 0 Å². The van der Waals surface area contributed by atoms with Crippen LogP contribution in [0.5, 0.6) is 0 Å². The van der Waals surface area contributed by atoms with E-state index in [0.717, 1.165) is 18.1 Å². The minimum Gasteiger partial charge on any atom is -0.341 e. The molecule has 122 valence electrons. The van der Waals surface area contributed by atoms with Gasteiger partial charge in [-0.1, -0.05) is 13.3 Å². The Hall–Kier alpha value is -0.310. The molecule has 1 unspecified atom stereocenters. The number of hydrogen-bond acceptors (Lipinski definition) is 5. The van der Waals surface area contributed by atoms with Crippen LogP contribution >= 0.6 is 11.8 Å². The fourth-order valence-electron chi connectivity index (χ4n) is 2.64. The first-order valence-corrected chi connectivity index (χ1v) is 10.4. The number of carbonyl (C=O) groups excluding carboxylic acids is 1. The lowest BCUT2D eigenvalue weighted by atomic mass is 10.1. The number of amides is 1. The molecule has 0 aromatic carbocycles. The van der Waals surface area contributed by atoms with E-state index in [2.05, 4.69) is 10.0 Å². The average Bonchev–Trinajstić information content (AvgIpc) is 2.99. The fraction of sp³-hybridized carbons (Fsp3) is 0.923. The Morgan fingerprint density at radius 1 is 1.38 bits per heavy atom. The van der Waals surface area contributed by atoms with Crippen molar-refractivity contribution in [2.24, 2.45) is 0 Å². The van der Waals surface area contributed by atoms with E-state index < -0.39 is 10.0 Å². The summed E-state index contributed by atoms with van der Waals surface area (Å²) in [6.45, 7) is 3.26. The SMILES string of the molecule is CCCCS(=O)(=O)NC1CCN(C(=O)C2CSCN2)CC1. The van der Waals surface area contributed by atoms with Gasteiger partial charge in [0.25, 0.3) is 0 Å². The van der Waals surface area contributed by atoms with Gasteiger partial charge in [-0.05, 0) is 19.3 Å². The van der Waals surface area contributed by atoms with E-state index in [9.17, 15) is 13.2 Å². The van der Waals surface area contributed by atoms with Gasteiger partial charge in [0, 0.05) is 30.8 Å². The van der Waals surface area contributed by atoms with Crippen LogP contribution in [0.25, 0.3) is 0 Å². The molecule has 1 atom stereocenters. The Morgan fingerprint density at radius 3 is 2.67 bits per heavy atom. The van der Waals surface area contributed by atoms with Crippen molar-refractivity contribution in [1.82, 2.24) is 14.9 Å². The molecule has 2 aliphatic rings. The van der Waals surface area contributed by atoms with Crippen molar-refractivity contribution < 1.29 is 13.2 Å². The van der Waals surface area contributed by atoms with E-state index in [1.807, 2.05) is 11.8 Å². The molecule has 2 fully saturated rings. The molecule has 2 aliphatic heterocycles. The van der Waals surface area contributed by atoms with Crippen LogP contribution in [-0.4, -0.2) is 61.8 Å². The fourth-order valence-corrected chi connectivity index (χ4v) is 5.10. The quantitative estimate of drug-likeness (QED) is 0.733. The largest absolute Gasteiger partial charge is 0.341 e. The molecule has 0 spiro atoms. The van der Waals surface area contributed by atoms with Gasteiger partial charge >= 0.3 is 0 Å². The molecule has 21 heavy (non-hydrogen) atoms. The first-order chi connectivity index (χ1) is 10.0. The molecule has 0 bridgehead atoms. The summed E-state index contributed by atoms with van der Waals surface area (Å²) < 4.78 is 26.5. The van der Waals surface area contributed by atoms with Crippen LogP contribution in [0.2, 0.25) is 0 Å². The van der Waals surface area contributed by atoms with Gasteiger partial charge in [-0.25, -0.2) is 13.1 Å². The van der Waals surface area contributed by atoms with E-state index in [1.54, 1.807) is 11.8 Å². The number of carbonyl (C=O) groups is 1. The Kier molecular flexibility index (Phi) is 6.34. The lowest BCUT2D eigenvalue weighted by Crippen LogP contribution is -2.51. The lowest BCUT2D eigenvalue weighted by molar-refractivity contribution is -0.133. The second-order valence-electron chi connectivity index (χ2n) is 5.66.